The highest BCUT2D eigenvalue weighted by molar-refractivity contribution is 5.19. The van der Waals surface area contributed by atoms with Crippen LogP contribution in [0.15, 0.2) is 18.3 Å². The molecule has 1 saturated carbocycles. The normalized spacial score (nSPS) is 28.3. The lowest BCUT2D eigenvalue weighted by molar-refractivity contribution is 0.193. The molecule has 0 bridgehead atoms. The lowest BCUT2D eigenvalue weighted by Gasteiger charge is -2.34. The van der Waals surface area contributed by atoms with Gasteiger partial charge in [0.05, 0.1) is 5.69 Å². The van der Waals surface area contributed by atoms with Crippen LogP contribution >= 0.6 is 0 Å². The number of hydrogen-bond donors (Lipinski definition) is 1. The first-order valence-electron chi connectivity index (χ1n) is 8.11. The Labute approximate surface area is 122 Å². The van der Waals surface area contributed by atoms with Crippen molar-refractivity contribution in [3.63, 3.8) is 0 Å². The molecule has 1 atom stereocenters. The summed E-state index contributed by atoms with van der Waals surface area (Å²) in [4.78, 5) is 7.23. The van der Waals surface area contributed by atoms with Crippen LogP contribution in [0.3, 0.4) is 0 Å². The summed E-state index contributed by atoms with van der Waals surface area (Å²) in [7, 11) is 0. The van der Waals surface area contributed by atoms with E-state index in [2.05, 4.69) is 41.2 Å². The van der Waals surface area contributed by atoms with Gasteiger partial charge in [0.1, 0.15) is 0 Å². The first kappa shape index (κ1) is 14.0. The van der Waals surface area contributed by atoms with Gasteiger partial charge in [-0.15, -0.1) is 0 Å². The lowest BCUT2D eigenvalue weighted by atomic mass is 9.95. The molecule has 1 unspecified atom stereocenters. The van der Waals surface area contributed by atoms with Gasteiger partial charge < -0.3 is 5.32 Å². The zero-order valence-electron chi connectivity index (χ0n) is 12.9. The maximum atomic E-state index is 4.62. The molecular weight excluding hydrogens is 246 g/mol. The van der Waals surface area contributed by atoms with Gasteiger partial charge in [-0.25, -0.2) is 0 Å². The van der Waals surface area contributed by atoms with E-state index in [1.165, 1.54) is 37.1 Å². The summed E-state index contributed by atoms with van der Waals surface area (Å²) in [6, 6.07) is 4.28. The van der Waals surface area contributed by atoms with Crippen molar-refractivity contribution in [2.75, 3.05) is 19.6 Å². The van der Waals surface area contributed by atoms with Crippen LogP contribution in [0, 0.1) is 5.92 Å². The number of aryl methyl sites for hydroxylation is 1. The molecule has 3 heteroatoms. The van der Waals surface area contributed by atoms with Crippen LogP contribution in [0.2, 0.25) is 0 Å². The van der Waals surface area contributed by atoms with E-state index in [1.807, 2.05) is 6.20 Å². The van der Waals surface area contributed by atoms with Crippen LogP contribution in [0.1, 0.15) is 44.4 Å². The Balaban J connectivity index is 1.72. The molecule has 0 radical (unpaired) electrons. The highest BCUT2D eigenvalue weighted by Gasteiger charge is 2.42. The van der Waals surface area contributed by atoms with Crippen molar-refractivity contribution < 1.29 is 0 Å². The fourth-order valence-corrected chi connectivity index (χ4v) is 3.55. The molecule has 3 rings (SSSR count). The van der Waals surface area contributed by atoms with E-state index in [4.69, 9.17) is 0 Å². The Morgan fingerprint density at radius 2 is 2.30 bits per heavy atom. The average Bonchev–Trinajstić information content (AvgIpc) is 3.28. The largest absolute Gasteiger partial charge is 0.310 e. The van der Waals surface area contributed by atoms with Crippen LogP contribution in [-0.2, 0) is 13.0 Å². The van der Waals surface area contributed by atoms with E-state index in [0.717, 1.165) is 32.0 Å². The predicted molar refractivity (Wildman–Crippen MR) is 82.6 cm³/mol. The SMILES string of the molecule is CCc1cccnc1CN1CCCNC(C)(C2CC2)C1. The summed E-state index contributed by atoms with van der Waals surface area (Å²) in [5.41, 5.74) is 2.99. The fraction of sp³-hybridized carbons (Fsp3) is 0.706. The van der Waals surface area contributed by atoms with E-state index >= 15 is 0 Å². The van der Waals surface area contributed by atoms with Crippen molar-refractivity contribution in [3.05, 3.63) is 29.6 Å². The molecule has 1 aliphatic carbocycles. The third-order valence-electron chi connectivity index (χ3n) is 4.95. The van der Waals surface area contributed by atoms with Crippen LogP contribution in [-0.4, -0.2) is 35.1 Å². The van der Waals surface area contributed by atoms with Gasteiger partial charge in [-0.05, 0) is 63.2 Å². The van der Waals surface area contributed by atoms with E-state index in [9.17, 15) is 0 Å². The smallest absolute Gasteiger partial charge is 0.0575 e. The minimum absolute atomic E-state index is 0.317. The summed E-state index contributed by atoms with van der Waals surface area (Å²) in [6.45, 7) is 9.16. The summed E-state index contributed by atoms with van der Waals surface area (Å²) < 4.78 is 0. The summed E-state index contributed by atoms with van der Waals surface area (Å²) >= 11 is 0. The predicted octanol–water partition coefficient (Wildman–Crippen LogP) is 2.61. The Kier molecular flexibility index (Phi) is 4.08. The fourth-order valence-electron chi connectivity index (χ4n) is 3.55. The van der Waals surface area contributed by atoms with E-state index in [1.54, 1.807) is 0 Å². The van der Waals surface area contributed by atoms with Gasteiger partial charge in [0.25, 0.3) is 0 Å². The molecule has 0 aromatic carbocycles. The van der Waals surface area contributed by atoms with Gasteiger partial charge in [0, 0.05) is 24.8 Å². The Morgan fingerprint density at radius 3 is 3.05 bits per heavy atom. The Morgan fingerprint density at radius 1 is 1.45 bits per heavy atom. The minimum Gasteiger partial charge on any atom is -0.310 e. The Hall–Kier alpha value is -0.930. The number of nitrogens with zero attached hydrogens (tertiary/aromatic N) is 2. The van der Waals surface area contributed by atoms with Crippen molar-refractivity contribution >= 4 is 0 Å². The maximum absolute atomic E-state index is 4.62. The van der Waals surface area contributed by atoms with Crippen molar-refractivity contribution in [3.8, 4) is 0 Å². The Bertz CT molecular complexity index is 455. The van der Waals surface area contributed by atoms with Crippen LogP contribution < -0.4 is 5.32 Å². The average molecular weight is 273 g/mol. The summed E-state index contributed by atoms with van der Waals surface area (Å²) in [5.74, 6) is 0.887. The summed E-state index contributed by atoms with van der Waals surface area (Å²) in [5, 5.41) is 3.80. The van der Waals surface area contributed by atoms with Crippen LogP contribution in [0.25, 0.3) is 0 Å². The number of pyridine rings is 1. The second-order valence-corrected chi connectivity index (χ2v) is 6.65. The second-order valence-electron chi connectivity index (χ2n) is 6.65. The van der Waals surface area contributed by atoms with Crippen molar-refractivity contribution in [1.82, 2.24) is 15.2 Å². The molecule has 1 saturated heterocycles. The molecule has 1 aliphatic heterocycles. The van der Waals surface area contributed by atoms with Gasteiger partial charge >= 0.3 is 0 Å². The lowest BCUT2D eigenvalue weighted by Crippen LogP contribution is -2.50. The number of rotatable bonds is 4. The monoisotopic (exact) mass is 273 g/mol. The highest BCUT2D eigenvalue weighted by atomic mass is 15.2. The van der Waals surface area contributed by atoms with Gasteiger partial charge in [-0.2, -0.15) is 0 Å². The third kappa shape index (κ3) is 3.04. The quantitative estimate of drug-likeness (QED) is 0.914. The first-order chi connectivity index (χ1) is 9.71. The van der Waals surface area contributed by atoms with Crippen molar-refractivity contribution in [2.45, 2.75) is 51.6 Å². The van der Waals surface area contributed by atoms with E-state index in [-0.39, 0.29) is 0 Å². The molecule has 0 spiro atoms. The third-order valence-corrected chi connectivity index (χ3v) is 4.95. The topological polar surface area (TPSA) is 28.2 Å². The highest BCUT2D eigenvalue weighted by Crippen LogP contribution is 2.40. The number of nitrogens with one attached hydrogen (secondary N) is 1. The van der Waals surface area contributed by atoms with Crippen molar-refractivity contribution in [2.24, 2.45) is 5.92 Å². The number of hydrogen-bond acceptors (Lipinski definition) is 3. The maximum Gasteiger partial charge on any atom is 0.0575 e. The standard InChI is InChI=1S/C17H27N3/c1-3-14-6-4-9-18-16(14)12-20-11-5-10-19-17(2,13-20)15-7-8-15/h4,6,9,15,19H,3,5,7-8,10-13H2,1-2H3. The van der Waals surface area contributed by atoms with Crippen LogP contribution in [0.5, 0.6) is 0 Å². The molecule has 2 aliphatic rings. The van der Waals surface area contributed by atoms with Gasteiger partial charge in [-0.1, -0.05) is 13.0 Å². The molecule has 0 amide bonds. The molecule has 110 valence electrons. The minimum atomic E-state index is 0.317. The zero-order chi connectivity index (χ0) is 14.0. The van der Waals surface area contributed by atoms with E-state index < -0.39 is 0 Å². The first-order valence-corrected chi connectivity index (χ1v) is 8.11. The molecule has 1 aromatic heterocycles. The molecule has 2 fully saturated rings. The molecule has 3 nitrogen and oxygen atoms in total. The zero-order valence-corrected chi connectivity index (χ0v) is 12.9. The molecule has 1 N–H and O–H groups in total. The molecule has 2 heterocycles. The summed E-state index contributed by atoms with van der Waals surface area (Å²) in [6.07, 6.45) is 7.07. The molecular formula is C17H27N3. The van der Waals surface area contributed by atoms with Crippen molar-refractivity contribution in [1.29, 1.82) is 0 Å². The second kappa shape index (κ2) is 5.82. The molecule has 20 heavy (non-hydrogen) atoms. The van der Waals surface area contributed by atoms with E-state index in [0.29, 0.717) is 5.54 Å². The number of aromatic nitrogens is 1. The molecule has 1 aromatic rings. The van der Waals surface area contributed by atoms with Gasteiger partial charge in [0.2, 0.25) is 0 Å². The van der Waals surface area contributed by atoms with Crippen LogP contribution in [0.4, 0.5) is 0 Å². The van der Waals surface area contributed by atoms with Gasteiger partial charge in [0.15, 0.2) is 0 Å². The van der Waals surface area contributed by atoms with Gasteiger partial charge in [-0.3, -0.25) is 9.88 Å².